The topological polar surface area (TPSA) is 0 Å². The van der Waals surface area contributed by atoms with Gasteiger partial charge in [-0.1, -0.05) is 91.2 Å². The summed E-state index contributed by atoms with van der Waals surface area (Å²) >= 11 is 3.82. The van der Waals surface area contributed by atoms with Gasteiger partial charge in [0.05, 0.1) is 0 Å². The molecule has 18 heavy (non-hydrogen) atoms. The molecule has 0 aliphatic rings. The Morgan fingerprint density at radius 2 is 1.78 bits per heavy atom. The molecule has 0 nitrogen and oxygen atoms in total. The molecule has 0 radical (unpaired) electrons. The Bertz CT molecular complexity index is 319. The minimum atomic E-state index is 0.644. The third kappa shape index (κ3) is 7.20. The molecule has 0 N–H and O–H groups in total. The highest BCUT2D eigenvalue weighted by Crippen LogP contribution is 2.18. The van der Waals surface area contributed by atoms with Gasteiger partial charge in [0.25, 0.3) is 0 Å². The van der Waals surface area contributed by atoms with Crippen molar-refractivity contribution < 1.29 is 0 Å². The molecule has 1 heteroatoms. The molecule has 0 saturated heterocycles. The third-order valence-corrected chi connectivity index (χ3v) is 4.19. The molecule has 0 aliphatic heterocycles. The number of unbranched alkanes of at least 4 members (excludes halogenated alkanes) is 5. The van der Waals surface area contributed by atoms with Crippen molar-refractivity contribution in [3.8, 4) is 0 Å². The number of alkyl halides is 1. The van der Waals surface area contributed by atoms with Gasteiger partial charge in [-0.05, 0) is 25.3 Å². The first kappa shape index (κ1) is 15.8. The maximum Gasteiger partial charge on any atom is 0.0186 e. The van der Waals surface area contributed by atoms with Crippen LogP contribution in [0.2, 0.25) is 0 Å². The van der Waals surface area contributed by atoms with Crippen LogP contribution in [0.5, 0.6) is 0 Å². The van der Waals surface area contributed by atoms with Crippen molar-refractivity contribution in [2.24, 2.45) is 0 Å². The maximum atomic E-state index is 3.82. The van der Waals surface area contributed by atoms with Gasteiger partial charge in [0.15, 0.2) is 0 Å². The number of halogens is 1. The molecule has 1 unspecified atom stereocenters. The second-order valence-electron chi connectivity index (χ2n) is 5.35. The fourth-order valence-corrected chi connectivity index (χ4v) is 3.04. The van der Waals surface area contributed by atoms with Gasteiger partial charge in [-0.3, -0.25) is 0 Å². The number of benzene rings is 1. The molecule has 0 fully saturated rings. The smallest absolute Gasteiger partial charge is 0.0186 e. The van der Waals surface area contributed by atoms with Crippen molar-refractivity contribution in [3.63, 3.8) is 0 Å². The predicted molar refractivity (Wildman–Crippen MR) is 85.6 cm³/mol. The van der Waals surface area contributed by atoms with Gasteiger partial charge in [0.1, 0.15) is 0 Å². The van der Waals surface area contributed by atoms with Crippen molar-refractivity contribution in [2.75, 3.05) is 0 Å². The summed E-state index contributed by atoms with van der Waals surface area (Å²) in [5.74, 6) is 0. The van der Waals surface area contributed by atoms with Crippen molar-refractivity contribution in [1.29, 1.82) is 0 Å². The predicted octanol–water partition coefficient (Wildman–Crippen LogP) is 6.05. The van der Waals surface area contributed by atoms with Crippen LogP contribution in [0, 0.1) is 6.92 Å². The van der Waals surface area contributed by atoms with Crippen LogP contribution >= 0.6 is 15.9 Å². The van der Waals surface area contributed by atoms with E-state index in [0.29, 0.717) is 4.83 Å². The molecule has 102 valence electrons. The molecule has 0 aromatic heterocycles. The average Bonchev–Trinajstić information content (AvgIpc) is 2.33. The molecule has 0 heterocycles. The molecule has 1 rings (SSSR count). The summed E-state index contributed by atoms with van der Waals surface area (Å²) in [7, 11) is 0. The van der Waals surface area contributed by atoms with Gasteiger partial charge < -0.3 is 0 Å². The standard InChI is InChI=1S/C17H27Br/c1-3-4-5-6-7-8-12-17(18)14-16-11-9-10-15(2)13-16/h9-11,13,17H,3-8,12,14H2,1-2H3. The molecular weight excluding hydrogens is 284 g/mol. The molecular formula is C17H27Br. The number of aryl methyl sites for hydroxylation is 1. The summed E-state index contributed by atoms with van der Waals surface area (Å²) in [4.78, 5) is 0.644. The molecule has 0 saturated carbocycles. The highest BCUT2D eigenvalue weighted by molar-refractivity contribution is 9.09. The summed E-state index contributed by atoms with van der Waals surface area (Å²) in [6.45, 7) is 4.44. The quantitative estimate of drug-likeness (QED) is 0.384. The van der Waals surface area contributed by atoms with Gasteiger partial charge in [-0.2, -0.15) is 0 Å². The summed E-state index contributed by atoms with van der Waals surface area (Å²) < 4.78 is 0. The molecule has 0 amide bonds. The van der Waals surface area contributed by atoms with E-state index in [4.69, 9.17) is 0 Å². The van der Waals surface area contributed by atoms with Crippen LogP contribution in [-0.4, -0.2) is 4.83 Å². The van der Waals surface area contributed by atoms with Crippen LogP contribution in [0.4, 0.5) is 0 Å². The Labute approximate surface area is 121 Å². The van der Waals surface area contributed by atoms with E-state index in [9.17, 15) is 0 Å². The normalized spacial score (nSPS) is 12.6. The first-order chi connectivity index (χ1) is 8.72. The van der Waals surface area contributed by atoms with Crippen LogP contribution in [0.25, 0.3) is 0 Å². The lowest BCUT2D eigenvalue weighted by atomic mass is 10.0. The minimum Gasteiger partial charge on any atom is -0.0887 e. The van der Waals surface area contributed by atoms with E-state index in [0.717, 1.165) is 6.42 Å². The van der Waals surface area contributed by atoms with Crippen molar-refractivity contribution in [3.05, 3.63) is 35.4 Å². The van der Waals surface area contributed by atoms with Crippen LogP contribution in [0.15, 0.2) is 24.3 Å². The molecule has 1 aromatic carbocycles. The highest BCUT2D eigenvalue weighted by Gasteiger charge is 2.05. The van der Waals surface area contributed by atoms with E-state index >= 15 is 0 Å². The molecule has 0 spiro atoms. The van der Waals surface area contributed by atoms with Gasteiger partial charge in [0.2, 0.25) is 0 Å². The zero-order valence-corrected chi connectivity index (χ0v) is 13.5. The molecule has 1 atom stereocenters. The SMILES string of the molecule is CCCCCCCCC(Br)Cc1cccc(C)c1. The number of hydrogen-bond acceptors (Lipinski definition) is 0. The largest absolute Gasteiger partial charge is 0.0887 e. The van der Waals surface area contributed by atoms with E-state index in [1.165, 1.54) is 56.1 Å². The van der Waals surface area contributed by atoms with E-state index in [1.807, 2.05) is 0 Å². The Kier molecular flexibility index (Phi) is 8.41. The Balaban J connectivity index is 2.12. The van der Waals surface area contributed by atoms with E-state index in [-0.39, 0.29) is 0 Å². The average molecular weight is 311 g/mol. The maximum absolute atomic E-state index is 3.82. The Hall–Kier alpha value is -0.300. The fraction of sp³-hybridized carbons (Fsp3) is 0.647. The molecule has 1 aromatic rings. The van der Waals surface area contributed by atoms with E-state index < -0.39 is 0 Å². The minimum absolute atomic E-state index is 0.644. The van der Waals surface area contributed by atoms with Crippen LogP contribution in [0.1, 0.15) is 63.0 Å². The summed E-state index contributed by atoms with van der Waals surface area (Å²) in [6, 6.07) is 8.87. The lowest BCUT2D eigenvalue weighted by Gasteiger charge is -2.10. The number of hydrogen-bond donors (Lipinski definition) is 0. The monoisotopic (exact) mass is 310 g/mol. The lowest BCUT2D eigenvalue weighted by Crippen LogP contribution is -2.02. The molecule has 0 bridgehead atoms. The zero-order valence-electron chi connectivity index (χ0n) is 11.9. The van der Waals surface area contributed by atoms with Crippen LogP contribution in [0.3, 0.4) is 0 Å². The van der Waals surface area contributed by atoms with E-state index in [2.05, 4.69) is 54.0 Å². The number of rotatable bonds is 9. The second kappa shape index (κ2) is 9.61. The second-order valence-corrected chi connectivity index (χ2v) is 6.64. The summed E-state index contributed by atoms with van der Waals surface area (Å²) in [5.41, 5.74) is 2.83. The van der Waals surface area contributed by atoms with E-state index in [1.54, 1.807) is 0 Å². The molecule has 0 aliphatic carbocycles. The van der Waals surface area contributed by atoms with Gasteiger partial charge >= 0.3 is 0 Å². The van der Waals surface area contributed by atoms with Crippen LogP contribution < -0.4 is 0 Å². The van der Waals surface area contributed by atoms with Gasteiger partial charge in [0, 0.05) is 4.83 Å². The van der Waals surface area contributed by atoms with Crippen molar-refractivity contribution in [1.82, 2.24) is 0 Å². The highest BCUT2D eigenvalue weighted by atomic mass is 79.9. The zero-order chi connectivity index (χ0) is 13.2. The van der Waals surface area contributed by atoms with Crippen LogP contribution in [-0.2, 0) is 6.42 Å². The van der Waals surface area contributed by atoms with Crippen molar-refractivity contribution in [2.45, 2.75) is 70.0 Å². The Morgan fingerprint density at radius 3 is 2.50 bits per heavy atom. The van der Waals surface area contributed by atoms with Gasteiger partial charge in [-0.25, -0.2) is 0 Å². The van der Waals surface area contributed by atoms with Gasteiger partial charge in [-0.15, -0.1) is 0 Å². The first-order valence-corrected chi connectivity index (χ1v) is 8.33. The fourth-order valence-electron chi connectivity index (χ4n) is 2.34. The first-order valence-electron chi connectivity index (χ1n) is 7.42. The lowest BCUT2D eigenvalue weighted by molar-refractivity contribution is 0.582. The van der Waals surface area contributed by atoms with Crippen molar-refractivity contribution >= 4 is 15.9 Å². The summed E-state index contributed by atoms with van der Waals surface area (Å²) in [5, 5.41) is 0. The third-order valence-electron chi connectivity index (χ3n) is 3.41. The summed E-state index contributed by atoms with van der Waals surface area (Å²) in [6.07, 6.45) is 10.8. The Morgan fingerprint density at radius 1 is 1.06 bits per heavy atom.